The van der Waals surface area contributed by atoms with Crippen LogP contribution in [0.25, 0.3) is 0 Å². The van der Waals surface area contributed by atoms with Gasteiger partial charge in [-0.3, -0.25) is 9.52 Å². The van der Waals surface area contributed by atoms with Gasteiger partial charge in [-0.15, -0.1) is 11.3 Å². The van der Waals surface area contributed by atoms with Crippen LogP contribution in [0, 0.1) is 0 Å². The molecule has 0 radical (unpaired) electrons. The van der Waals surface area contributed by atoms with E-state index in [2.05, 4.69) is 15.0 Å². The van der Waals surface area contributed by atoms with Gasteiger partial charge in [0.15, 0.2) is 5.69 Å². The highest BCUT2D eigenvalue weighted by Crippen LogP contribution is 2.28. The zero-order valence-corrected chi connectivity index (χ0v) is 14.2. The molecule has 12 heteroatoms. The minimum absolute atomic E-state index is 0.0116. The topological polar surface area (TPSA) is 151 Å². The van der Waals surface area contributed by atoms with Crippen molar-refractivity contribution in [2.75, 3.05) is 16.6 Å². The minimum atomic E-state index is -4.08. The molecule has 128 valence electrons. The van der Waals surface area contributed by atoms with Crippen LogP contribution in [0.3, 0.4) is 0 Å². The van der Waals surface area contributed by atoms with E-state index in [1.54, 1.807) is 0 Å². The number of hydrogen-bond donors (Lipinski definition) is 4. The number of rotatable bonds is 6. The predicted octanol–water partition coefficient (Wildman–Crippen LogP) is 1.19. The second kappa shape index (κ2) is 7.13. The maximum absolute atomic E-state index is 12.3. The molecule has 0 fully saturated rings. The standard InChI is InChI=1S/C12H11ClN4O5S2/c13-7-3-6(1-2-8(7)16-9(18)4-14)24(21,22)17-11-10(12(19)20)15-5-23-11/h1-3,5,17H,4,14H2,(H,16,18)(H,19,20). The lowest BCUT2D eigenvalue weighted by Crippen LogP contribution is -2.22. The lowest BCUT2D eigenvalue weighted by atomic mass is 10.3. The molecule has 0 atom stereocenters. The smallest absolute Gasteiger partial charge is 0.357 e. The van der Waals surface area contributed by atoms with Crippen LogP contribution in [-0.2, 0) is 14.8 Å². The molecular formula is C12H11ClN4O5S2. The molecule has 1 heterocycles. The maximum atomic E-state index is 12.3. The Kier molecular flexibility index (Phi) is 5.39. The van der Waals surface area contributed by atoms with E-state index in [0.29, 0.717) is 0 Å². The second-order valence-corrected chi connectivity index (χ2v) is 7.28. The SMILES string of the molecule is NCC(=O)Nc1ccc(S(=O)(=O)Nc2scnc2C(=O)O)cc1Cl. The molecule has 2 rings (SSSR count). The molecular weight excluding hydrogens is 380 g/mol. The molecule has 0 saturated carbocycles. The first-order chi connectivity index (χ1) is 11.2. The van der Waals surface area contributed by atoms with Gasteiger partial charge in [0.05, 0.1) is 27.7 Å². The van der Waals surface area contributed by atoms with Crippen LogP contribution in [-0.4, -0.2) is 36.9 Å². The van der Waals surface area contributed by atoms with Gasteiger partial charge >= 0.3 is 5.97 Å². The Hall–Kier alpha value is -2.21. The van der Waals surface area contributed by atoms with Crippen LogP contribution >= 0.6 is 22.9 Å². The molecule has 5 N–H and O–H groups in total. The summed E-state index contributed by atoms with van der Waals surface area (Å²) in [5, 5.41) is 11.2. The molecule has 2 aromatic rings. The number of carbonyl (C=O) groups excluding carboxylic acids is 1. The Bertz CT molecular complexity index is 897. The van der Waals surface area contributed by atoms with Crippen molar-refractivity contribution >= 4 is 55.5 Å². The third-order valence-electron chi connectivity index (χ3n) is 2.71. The van der Waals surface area contributed by atoms with E-state index < -0.39 is 27.6 Å². The Morgan fingerprint density at radius 3 is 2.67 bits per heavy atom. The van der Waals surface area contributed by atoms with Crippen LogP contribution < -0.4 is 15.8 Å². The largest absolute Gasteiger partial charge is 0.476 e. The van der Waals surface area contributed by atoms with E-state index in [4.69, 9.17) is 22.4 Å². The summed E-state index contributed by atoms with van der Waals surface area (Å²) in [7, 11) is -4.08. The molecule has 0 bridgehead atoms. The quantitative estimate of drug-likeness (QED) is 0.578. The number of aromatic nitrogens is 1. The first-order valence-electron chi connectivity index (χ1n) is 6.23. The molecule has 9 nitrogen and oxygen atoms in total. The molecule has 1 aromatic carbocycles. The van der Waals surface area contributed by atoms with Gasteiger partial charge in [-0.1, -0.05) is 11.6 Å². The number of anilines is 2. The van der Waals surface area contributed by atoms with Crippen molar-refractivity contribution in [3.8, 4) is 0 Å². The Balaban J connectivity index is 2.29. The van der Waals surface area contributed by atoms with Crippen molar-refractivity contribution in [2.45, 2.75) is 4.90 Å². The molecule has 1 amide bonds. The van der Waals surface area contributed by atoms with E-state index in [9.17, 15) is 18.0 Å². The van der Waals surface area contributed by atoms with E-state index in [1.807, 2.05) is 0 Å². The van der Waals surface area contributed by atoms with Crippen LogP contribution in [0.15, 0.2) is 28.6 Å². The predicted molar refractivity (Wildman–Crippen MR) is 89.0 cm³/mol. The lowest BCUT2D eigenvalue weighted by molar-refractivity contribution is -0.114. The zero-order valence-electron chi connectivity index (χ0n) is 11.8. The number of benzene rings is 1. The second-order valence-electron chi connectivity index (χ2n) is 4.33. The van der Waals surface area contributed by atoms with Crippen molar-refractivity contribution in [3.05, 3.63) is 34.4 Å². The zero-order chi connectivity index (χ0) is 17.9. The van der Waals surface area contributed by atoms with Crippen molar-refractivity contribution in [2.24, 2.45) is 5.73 Å². The lowest BCUT2D eigenvalue weighted by Gasteiger charge is -2.10. The van der Waals surface area contributed by atoms with Gasteiger partial charge < -0.3 is 16.2 Å². The van der Waals surface area contributed by atoms with E-state index >= 15 is 0 Å². The van der Waals surface area contributed by atoms with Gasteiger partial charge in [0.25, 0.3) is 10.0 Å². The summed E-state index contributed by atoms with van der Waals surface area (Å²) in [6.45, 7) is -0.249. The number of carboxylic acids is 1. The number of nitrogens with one attached hydrogen (secondary N) is 2. The molecule has 0 saturated heterocycles. The fraction of sp³-hybridized carbons (Fsp3) is 0.0833. The number of nitrogens with zero attached hydrogens (tertiary/aromatic N) is 1. The van der Waals surface area contributed by atoms with Crippen molar-refractivity contribution in [1.29, 1.82) is 0 Å². The average Bonchev–Trinajstić information content (AvgIpc) is 2.96. The van der Waals surface area contributed by atoms with Crippen molar-refractivity contribution in [3.63, 3.8) is 0 Å². The van der Waals surface area contributed by atoms with Gasteiger partial charge in [0.2, 0.25) is 5.91 Å². The fourth-order valence-electron chi connectivity index (χ4n) is 1.62. The number of hydrogen-bond acceptors (Lipinski definition) is 7. The number of carbonyl (C=O) groups is 2. The number of nitrogens with two attached hydrogens (primary N) is 1. The van der Waals surface area contributed by atoms with Crippen LogP contribution in [0.4, 0.5) is 10.7 Å². The van der Waals surface area contributed by atoms with E-state index in [0.717, 1.165) is 17.4 Å². The Morgan fingerprint density at radius 2 is 2.08 bits per heavy atom. The maximum Gasteiger partial charge on any atom is 0.357 e. The van der Waals surface area contributed by atoms with Gasteiger partial charge in [-0.05, 0) is 18.2 Å². The summed E-state index contributed by atoms with van der Waals surface area (Å²) in [5.74, 6) is -1.84. The van der Waals surface area contributed by atoms with Crippen molar-refractivity contribution < 1.29 is 23.1 Å². The molecule has 0 aliphatic heterocycles. The summed E-state index contributed by atoms with van der Waals surface area (Å²) in [6, 6.07) is 3.63. The normalized spacial score (nSPS) is 11.1. The van der Waals surface area contributed by atoms with E-state index in [-0.39, 0.29) is 27.2 Å². The Morgan fingerprint density at radius 1 is 1.38 bits per heavy atom. The summed E-state index contributed by atoms with van der Waals surface area (Å²) >= 11 is 6.78. The molecule has 0 aliphatic rings. The molecule has 0 unspecified atom stereocenters. The third-order valence-corrected chi connectivity index (χ3v) is 5.24. The number of thiazole rings is 1. The monoisotopic (exact) mass is 390 g/mol. The van der Waals surface area contributed by atoms with Crippen LogP contribution in [0.5, 0.6) is 0 Å². The number of carboxylic acid groups (broad SMARTS) is 1. The number of sulfonamides is 1. The summed E-state index contributed by atoms with van der Waals surface area (Å²) in [4.78, 5) is 25.6. The summed E-state index contributed by atoms with van der Waals surface area (Å²) in [5.41, 5.74) is 6.18. The first-order valence-corrected chi connectivity index (χ1v) is 8.97. The Labute approximate surface area is 145 Å². The van der Waals surface area contributed by atoms with Gasteiger partial charge in [0, 0.05) is 0 Å². The first kappa shape index (κ1) is 18.1. The molecule has 0 spiro atoms. The summed E-state index contributed by atoms with van der Waals surface area (Å²) in [6.07, 6.45) is 0. The highest BCUT2D eigenvalue weighted by atomic mass is 35.5. The van der Waals surface area contributed by atoms with Crippen LogP contribution in [0.2, 0.25) is 5.02 Å². The van der Waals surface area contributed by atoms with E-state index in [1.165, 1.54) is 17.6 Å². The molecule has 0 aliphatic carbocycles. The minimum Gasteiger partial charge on any atom is -0.476 e. The van der Waals surface area contributed by atoms with Gasteiger partial charge in [-0.25, -0.2) is 18.2 Å². The van der Waals surface area contributed by atoms with Gasteiger partial charge in [-0.2, -0.15) is 0 Å². The number of halogens is 1. The fourth-order valence-corrected chi connectivity index (χ4v) is 3.93. The third kappa shape index (κ3) is 4.00. The summed E-state index contributed by atoms with van der Waals surface area (Å²) < 4.78 is 26.8. The molecule has 24 heavy (non-hydrogen) atoms. The number of amides is 1. The average molecular weight is 391 g/mol. The van der Waals surface area contributed by atoms with Crippen molar-refractivity contribution in [1.82, 2.24) is 4.98 Å². The highest BCUT2D eigenvalue weighted by molar-refractivity contribution is 7.93. The van der Waals surface area contributed by atoms with Gasteiger partial charge in [0.1, 0.15) is 5.00 Å². The molecule has 1 aromatic heterocycles. The number of aromatic carboxylic acids is 1. The highest BCUT2D eigenvalue weighted by Gasteiger charge is 2.21. The van der Waals surface area contributed by atoms with Crippen LogP contribution in [0.1, 0.15) is 10.5 Å².